The lowest BCUT2D eigenvalue weighted by Crippen LogP contribution is -2.55. The molecule has 0 aromatic carbocycles. The van der Waals surface area contributed by atoms with E-state index in [1.54, 1.807) is 7.11 Å². The Labute approximate surface area is 129 Å². The summed E-state index contributed by atoms with van der Waals surface area (Å²) in [4.78, 5) is 14.1. The van der Waals surface area contributed by atoms with E-state index in [1.807, 2.05) is 0 Å². The van der Waals surface area contributed by atoms with E-state index in [1.165, 1.54) is 0 Å². The lowest BCUT2D eigenvalue weighted by atomic mass is 9.84. The highest BCUT2D eigenvalue weighted by Crippen LogP contribution is 2.36. The number of hydrogen-bond donors (Lipinski definition) is 2. The van der Waals surface area contributed by atoms with Gasteiger partial charge in [0.25, 0.3) is 0 Å². The molecule has 4 N–H and O–H groups in total. The van der Waals surface area contributed by atoms with Crippen molar-refractivity contribution in [3.63, 3.8) is 0 Å². The standard InChI is InChI=1S/C16H33N3O2/c1-4-14(5-2)19(11-12-21-3)10-8-13-7-6-9-16(13,18)15(17)20/h13-14H,4-12,18H2,1-3H3,(H2,17,20). The number of rotatable bonds is 10. The smallest absolute Gasteiger partial charge is 0.237 e. The van der Waals surface area contributed by atoms with Crippen molar-refractivity contribution in [3.05, 3.63) is 0 Å². The van der Waals surface area contributed by atoms with Gasteiger partial charge in [0.1, 0.15) is 0 Å². The molecule has 2 atom stereocenters. The molecule has 5 nitrogen and oxygen atoms in total. The number of primary amides is 1. The fraction of sp³-hybridized carbons (Fsp3) is 0.938. The second-order valence-electron chi connectivity index (χ2n) is 6.28. The highest BCUT2D eigenvalue weighted by Gasteiger charge is 2.44. The van der Waals surface area contributed by atoms with Crippen LogP contribution in [-0.2, 0) is 9.53 Å². The molecule has 124 valence electrons. The highest BCUT2D eigenvalue weighted by atomic mass is 16.5. The predicted molar refractivity (Wildman–Crippen MR) is 85.9 cm³/mol. The minimum atomic E-state index is -0.791. The quantitative estimate of drug-likeness (QED) is 0.640. The molecule has 0 heterocycles. The first-order valence-electron chi connectivity index (χ1n) is 8.31. The summed E-state index contributed by atoms with van der Waals surface area (Å²) in [5.41, 5.74) is 11.0. The Kier molecular flexibility index (Phi) is 7.63. The third kappa shape index (κ3) is 4.66. The molecule has 1 rings (SSSR count). The van der Waals surface area contributed by atoms with Crippen molar-refractivity contribution < 1.29 is 9.53 Å². The van der Waals surface area contributed by atoms with Crippen LogP contribution >= 0.6 is 0 Å². The third-order valence-electron chi connectivity index (χ3n) is 5.14. The number of ether oxygens (including phenoxy) is 1. The van der Waals surface area contributed by atoms with Crippen molar-refractivity contribution in [2.75, 3.05) is 26.8 Å². The molecule has 0 aromatic heterocycles. The van der Waals surface area contributed by atoms with E-state index in [-0.39, 0.29) is 11.8 Å². The minimum Gasteiger partial charge on any atom is -0.383 e. The maximum absolute atomic E-state index is 11.7. The first-order valence-corrected chi connectivity index (χ1v) is 8.31. The van der Waals surface area contributed by atoms with Crippen molar-refractivity contribution in [2.45, 2.75) is 64.0 Å². The molecule has 5 heteroatoms. The predicted octanol–water partition coefficient (Wildman–Crippen LogP) is 1.50. The molecule has 0 radical (unpaired) electrons. The van der Waals surface area contributed by atoms with Crippen LogP contribution in [0.1, 0.15) is 52.4 Å². The number of amides is 1. The van der Waals surface area contributed by atoms with Gasteiger partial charge < -0.3 is 16.2 Å². The normalized spacial score (nSPS) is 25.9. The Balaban J connectivity index is 2.61. The lowest BCUT2D eigenvalue weighted by molar-refractivity contribution is -0.124. The van der Waals surface area contributed by atoms with Gasteiger partial charge in [0.15, 0.2) is 0 Å². The van der Waals surface area contributed by atoms with Crippen LogP contribution in [0.4, 0.5) is 0 Å². The summed E-state index contributed by atoms with van der Waals surface area (Å²) in [7, 11) is 1.74. The fourth-order valence-corrected chi connectivity index (χ4v) is 3.64. The Morgan fingerprint density at radius 2 is 2.05 bits per heavy atom. The molecule has 21 heavy (non-hydrogen) atoms. The lowest BCUT2D eigenvalue weighted by Gasteiger charge is -2.34. The van der Waals surface area contributed by atoms with Crippen LogP contribution in [0.3, 0.4) is 0 Å². The van der Waals surface area contributed by atoms with E-state index in [0.29, 0.717) is 6.04 Å². The Morgan fingerprint density at radius 1 is 1.38 bits per heavy atom. The summed E-state index contributed by atoms with van der Waals surface area (Å²) in [6.45, 7) is 7.08. The van der Waals surface area contributed by atoms with Crippen molar-refractivity contribution >= 4 is 5.91 Å². The van der Waals surface area contributed by atoms with Crippen LogP contribution in [0, 0.1) is 5.92 Å². The molecule has 0 aliphatic heterocycles. The van der Waals surface area contributed by atoms with Crippen molar-refractivity contribution in [3.8, 4) is 0 Å². The minimum absolute atomic E-state index is 0.217. The van der Waals surface area contributed by atoms with E-state index < -0.39 is 5.54 Å². The Morgan fingerprint density at radius 3 is 2.57 bits per heavy atom. The van der Waals surface area contributed by atoms with Gasteiger partial charge in [-0.15, -0.1) is 0 Å². The van der Waals surface area contributed by atoms with Crippen molar-refractivity contribution in [2.24, 2.45) is 17.4 Å². The third-order valence-corrected chi connectivity index (χ3v) is 5.14. The van der Waals surface area contributed by atoms with Gasteiger partial charge in [0.05, 0.1) is 12.1 Å². The van der Waals surface area contributed by atoms with Gasteiger partial charge in [-0.3, -0.25) is 9.69 Å². The van der Waals surface area contributed by atoms with Crippen LogP contribution in [0.2, 0.25) is 0 Å². The zero-order valence-corrected chi connectivity index (χ0v) is 13.9. The molecule has 1 fully saturated rings. The van der Waals surface area contributed by atoms with E-state index in [9.17, 15) is 4.79 Å². The van der Waals surface area contributed by atoms with E-state index in [0.717, 1.165) is 58.2 Å². The number of hydrogen-bond acceptors (Lipinski definition) is 4. The van der Waals surface area contributed by atoms with Gasteiger partial charge in [0.2, 0.25) is 5.91 Å². The van der Waals surface area contributed by atoms with Crippen LogP contribution in [0.5, 0.6) is 0 Å². The highest BCUT2D eigenvalue weighted by molar-refractivity contribution is 5.85. The molecule has 0 bridgehead atoms. The first-order chi connectivity index (χ1) is 9.99. The van der Waals surface area contributed by atoms with Crippen LogP contribution < -0.4 is 11.5 Å². The van der Waals surface area contributed by atoms with Crippen molar-refractivity contribution in [1.82, 2.24) is 4.90 Å². The summed E-state index contributed by atoms with van der Waals surface area (Å²) in [6, 6.07) is 0.572. The molecule has 1 aliphatic rings. The summed E-state index contributed by atoms with van der Waals surface area (Å²) in [5, 5.41) is 0. The monoisotopic (exact) mass is 299 g/mol. The zero-order valence-electron chi connectivity index (χ0n) is 13.9. The maximum Gasteiger partial charge on any atom is 0.237 e. The Bertz CT molecular complexity index is 321. The van der Waals surface area contributed by atoms with Gasteiger partial charge in [-0.1, -0.05) is 20.3 Å². The van der Waals surface area contributed by atoms with E-state index in [2.05, 4.69) is 18.7 Å². The zero-order chi connectivity index (χ0) is 15.9. The maximum atomic E-state index is 11.7. The average molecular weight is 299 g/mol. The molecule has 1 amide bonds. The van der Waals surface area contributed by atoms with Gasteiger partial charge in [-0.25, -0.2) is 0 Å². The van der Waals surface area contributed by atoms with Gasteiger partial charge in [-0.05, 0) is 44.6 Å². The molecule has 1 aliphatic carbocycles. The van der Waals surface area contributed by atoms with E-state index in [4.69, 9.17) is 16.2 Å². The topological polar surface area (TPSA) is 81.6 Å². The number of nitrogens with zero attached hydrogens (tertiary/aromatic N) is 1. The molecule has 0 spiro atoms. The second kappa shape index (κ2) is 8.71. The molecule has 0 saturated heterocycles. The number of carbonyl (C=O) groups is 1. The Hall–Kier alpha value is -0.650. The van der Waals surface area contributed by atoms with Crippen LogP contribution in [0.15, 0.2) is 0 Å². The van der Waals surface area contributed by atoms with Crippen LogP contribution in [0.25, 0.3) is 0 Å². The van der Waals surface area contributed by atoms with Crippen LogP contribution in [-0.4, -0.2) is 49.2 Å². The molecule has 1 saturated carbocycles. The summed E-state index contributed by atoms with van der Waals surface area (Å²) in [6.07, 6.45) is 5.96. The van der Waals surface area contributed by atoms with Gasteiger partial charge >= 0.3 is 0 Å². The number of nitrogens with two attached hydrogens (primary N) is 2. The number of carbonyl (C=O) groups excluding carboxylic acids is 1. The molecular formula is C16H33N3O2. The largest absolute Gasteiger partial charge is 0.383 e. The fourth-order valence-electron chi connectivity index (χ4n) is 3.64. The van der Waals surface area contributed by atoms with Crippen molar-refractivity contribution in [1.29, 1.82) is 0 Å². The molecule has 0 aromatic rings. The molecule has 2 unspecified atom stereocenters. The first kappa shape index (κ1) is 18.4. The van der Waals surface area contributed by atoms with Gasteiger partial charge in [0, 0.05) is 19.7 Å². The summed E-state index contributed by atoms with van der Waals surface area (Å²) >= 11 is 0. The summed E-state index contributed by atoms with van der Waals surface area (Å²) < 4.78 is 5.22. The average Bonchev–Trinajstić information content (AvgIpc) is 2.85. The summed E-state index contributed by atoms with van der Waals surface area (Å²) in [5.74, 6) is -0.120. The second-order valence-corrected chi connectivity index (χ2v) is 6.28. The number of methoxy groups -OCH3 is 1. The van der Waals surface area contributed by atoms with Gasteiger partial charge in [-0.2, -0.15) is 0 Å². The SMILES string of the molecule is CCC(CC)N(CCOC)CCC1CCCC1(N)C(N)=O. The van der Waals surface area contributed by atoms with E-state index >= 15 is 0 Å². The molecular weight excluding hydrogens is 266 g/mol.